The van der Waals surface area contributed by atoms with Gasteiger partial charge in [0.15, 0.2) is 0 Å². The number of benzene rings is 2. The number of amides is 3. The maximum Gasteiger partial charge on any atom is 0.253 e. The van der Waals surface area contributed by atoms with Crippen molar-refractivity contribution < 1.29 is 14.4 Å². The second kappa shape index (κ2) is 11.0. The molecule has 160 valence electrons. The SMILES string of the molecule is CCNC(=O)c1ccc(C)c(NCC(=O)Nc2ccc(C(=O)N(CC)CC)cc2)c1. The minimum Gasteiger partial charge on any atom is -0.376 e. The van der Waals surface area contributed by atoms with E-state index in [1.807, 2.05) is 33.8 Å². The lowest BCUT2D eigenvalue weighted by molar-refractivity contribution is -0.114. The minimum absolute atomic E-state index is 0.0259. The Labute approximate surface area is 177 Å². The lowest BCUT2D eigenvalue weighted by atomic mass is 10.1. The van der Waals surface area contributed by atoms with Crippen LogP contribution in [-0.2, 0) is 4.79 Å². The monoisotopic (exact) mass is 410 g/mol. The van der Waals surface area contributed by atoms with E-state index in [-0.39, 0.29) is 24.3 Å². The van der Waals surface area contributed by atoms with Crippen LogP contribution < -0.4 is 16.0 Å². The Morgan fingerprint density at radius 2 is 1.53 bits per heavy atom. The highest BCUT2D eigenvalue weighted by molar-refractivity contribution is 5.97. The molecule has 0 bridgehead atoms. The first-order valence-corrected chi connectivity index (χ1v) is 10.2. The number of carbonyl (C=O) groups is 3. The van der Waals surface area contributed by atoms with E-state index in [0.717, 1.165) is 11.3 Å². The average molecular weight is 411 g/mol. The van der Waals surface area contributed by atoms with E-state index < -0.39 is 0 Å². The molecule has 3 N–H and O–H groups in total. The predicted octanol–water partition coefficient (Wildman–Crippen LogP) is 3.28. The highest BCUT2D eigenvalue weighted by Gasteiger charge is 2.13. The van der Waals surface area contributed by atoms with Gasteiger partial charge in [0.05, 0.1) is 6.54 Å². The van der Waals surface area contributed by atoms with Crippen molar-refractivity contribution in [2.75, 3.05) is 36.8 Å². The normalized spacial score (nSPS) is 10.3. The van der Waals surface area contributed by atoms with E-state index in [9.17, 15) is 14.4 Å². The van der Waals surface area contributed by atoms with Crippen LogP contribution in [0.5, 0.6) is 0 Å². The van der Waals surface area contributed by atoms with E-state index in [2.05, 4.69) is 16.0 Å². The van der Waals surface area contributed by atoms with Crippen molar-refractivity contribution in [3.63, 3.8) is 0 Å². The van der Waals surface area contributed by atoms with Crippen LogP contribution >= 0.6 is 0 Å². The van der Waals surface area contributed by atoms with Crippen LogP contribution in [0.1, 0.15) is 47.1 Å². The largest absolute Gasteiger partial charge is 0.376 e. The predicted molar refractivity (Wildman–Crippen MR) is 120 cm³/mol. The van der Waals surface area contributed by atoms with Gasteiger partial charge in [-0.25, -0.2) is 0 Å². The Hall–Kier alpha value is -3.35. The Morgan fingerprint density at radius 1 is 0.900 bits per heavy atom. The van der Waals surface area contributed by atoms with Gasteiger partial charge in [0.1, 0.15) is 0 Å². The molecule has 2 aromatic carbocycles. The van der Waals surface area contributed by atoms with Gasteiger partial charge in [0, 0.05) is 42.1 Å². The molecule has 2 aromatic rings. The molecule has 0 aliphatic carbocycles. The fourth-order valence-electron chi connectivity index (χ4n) is 2.99. The zero-order valence-corrected chi connectivity index (χ0v) is 18.0. The van der Waals surface area contributed by atoms with Gasteiger partial charge in [0.2, 0.25) is 5.91 Å². The number of hydrogen-bond donors (Lipinski definition) is 3. The number of aryl methyl sites for hydroxylation is 1. The number of nitrogens with one attached hydrogen (secondary N) is 3. The molecule has 0 spiro atoms. The molecule has 0 aliphatic rings. The summed E-state index contributed by atoms with van der Waals surface area (Å²) in [4.78, 5) is 38.4. The molecule has 0 heterocycles. The van der Waals surface area contributed by atoms with Crippen LogP contribution in [0.3, 0.4) is 0 Å². The van der Waals surface area contributed by atoms with Crippen molar-refractivity contribution in [3.05, 3.63) is 59.2 Å². The van der Waals surface area contributed by atoms with Crippen molar-refractivity contribution in [3.8, 4) is 0 Å². The number of rotatable bonds is 9. The van der Waals surface area contributed by atoms with Crippen LogP contribution in [0, 0.1) is 6.92 Å². The highest BCUT2D eigenvalue weighted by Crippen LogP contribution is 2.17. The molecule has 0 unspecified atom stereocenters. The van der Waals surface area contributed by atoms with Crippen LogP contribution in [-0.4, -0.2) is 48.8 Å². The molecular formula is C23H30N4O3. The summed E-state index contributed by atoms with van der Waals surface area (Å²) in [5.74, 6) is -0.396. The third-order valence-electron chi connectivity index (χ3n) is 4.74. The summed E-state index contributed by atoms with van der Waals surface area (Å²) >= 11 is 0. The minimum atomic E-state index is -0.222. The third kappa shape index (κ3) is 6.07. The van der Waals surface area contributed by atoms with E-state index in [4.69, 9.17) is 0 Å². The maximum atomic E-state index is 12.3. The molecule has 30 heavy (non-hydrogen) atoms. The molecule has 7 heteroatoms. The fraction of sp³-hybridized carbons (Fsp3) is 0.348. The van der Waals surface area contributed by atoms with Crippen molar-refractivity contribution >= 4 is 29.1 Å². The molecule has 0 aromatic heterocycles. The Balaban J connectivity index is 1.96. The summed E-state index contributed by atoms with van der Waals surface area (Å²) in [6.45, 7) is 9.57. The van der Waals surface area contributed by atoms with Crippen molar-refractivity contribution in [2.45, 2.75) is 27.7 Å². The first kappa shape index (κ1) is 22.9. The Morgan fingerprint density at radius 3 is 2.13 bits per heavy atom. The second-order valence-electron chi connectivity index (χ2n) is 6.85. The van der Waals surface area contributed by atoms with Crippen LogP contribution in [0.2, 0.25) is 0 Å². The quantitative estimate of drug-likeness (QED) is 0.592. The van der Waals surface area contributed by atoms with E-state index >= 15 is 0 Å². The van der Waals surface area contributed by atoms with Gasteiger partial charge in [-0.3, -0.25) is 14.4 Å². The number of carbonyl (C=O) groups excluding carboxylic acids is 3. The van der Waals surface area contributed by atoms with E-state index in [0.29, 0.717) is 36.4 Å². The Bertz CT molecular complexity index is 890. The van der Waals surface area contributed by atoms with Gasteiger partial charge in [-0.2, -0.15) is 0 Å². The topological polar surface area (TPSA) is 90.5 Å². The molecule has 2 rings (SSSR count). The smallest absolute Gasteiger partial charge is 0.253 e. The van der Waals surface area contributed by atoms with Crippen molar-refractivity contribution in [1.29, 1.82) is 0 Å². The highest BCUT2D eigenvalue weighted by atomic mass is 16.2. The van der Waals surface area contributed by atoms with Gasteiger partial charge in [-0.15, -0.1) is 0 Å². The summed E-state index contributed by atoms with van der Waals surface area (Å²) in [5, 5.41) is 8.64. The molecule has 7 nitrogen and oxygen atoms in total. The number of nitrogens with zero attached hydrogens (tertiary/aromatic N) is 1. The van der Waals surface area contributed by atoms with Crippen LogP contribution in [0.4, 0.5) is 11.4 Å². The van der Waals surface area contributed by atoms with E-state index in [1.165, 1.54) is 0 Å². The van der Waals surface area contributed by atoms with Gasteiger partial charge in [-0.05, 0) is 69.7 Å². The first-order chi connectivity index (χ1) is 14.4. The zero-order valence-electron chi connectivity index (χ0n) is 18.0. The average Bonchev–Trinajstić information content (AvgIpc) is 2.74. The molecular weight excluding hydrogens is 380 g/mol. The molecule has 0 saturated carbocycles. The summed E-state index contributed by atoms with van der Waals surface area (Å²) in [6.07, 6.45) is 0. The van der Waals surface area contributed by atoms with Crippen molar-refractivity contribution in [1.82, 2.24) is 10.2 Å². The molecule has 0 aliphatic heterocycles. The molecule has 0 atom stereocenters. The number of anilines is 2. The molecule has 3 amide bonds. The Kier molecular flexibility index (Phi) is 8.41. The van der Waals surface area contributed by atoms with Gasteiger partial charge >= 0.3 is 0 Å². The summed E-state index contributed by atoms with van der Waals surface area (Å²) in [5.41, 5.74) is 3.42. The zero-order chi connectivity index (χ0) is 22.1. The maximum absolute atomic E-state index is 12.3. The van der Waals surface area contributed by atoms with Gasteiger partial charge in [0.25, 0.3) is 11.8 Å². The summed E-state index contributed by atoms with van der Waals surface area (Å²) in [6, 6.07) is 12.2. The number of hydrogen-bond acceptors (Lipinski definition) is 4. The lowest BCUT2D eigenvalue weighted by Crippen LogP contribution is -2.30. The van der Waals surface area contributed by atoms with E-state index in [1.54, 1.807) is 41.3 Å². The lowest BCUT2D eigenvalue weighted by Gasteiger charge is -2.18. The van der Waals surface area contributed by atoms with Crippen molar-refractivity contribution in [2.24, 2.45) is 0 Å². The summed E-state index contributed by atoms with van der Waals surface area (Å²) in [7, 11) is 0. The standard InChI is InChI=1S/C23H30N4O3/c1-5-24-22(29)18-9-8-16(4)20(14-18)25-15-21(28)26-19-12-10-17(11-13-19)23(30)27(6-2)7-3/h8-14,25H,5-7,15H2,1-4H3,(H,24,29)(H,26,28). The van der Waals surface area contributed by atoms with Gasteiger partial charge < -0.3 is 20.9 Å². The fourth-order valence-corrected chi connectivity index (χ4v) is 2.99. The summed E-state index contributed by atoms with van der Waals surface area (Å²) < 4.78 is 0. The van der Waals surface area contributed by atoms with Gasteiger partial charge in [-0.1, -0.05) is 6.07 Å². The molecule has 0 saturated heterocycles. The second-order valence-corrected chi connectivity index (χ2v) is 6.85. The molecule has 0 radical (unpaired) electrons. The van der Waals surface area contributed by atoms with Crippen LogP contribution in [0.15, 0.2) is 42.5 Å². The first-order valence-electron chi connectivity index (χ1n) is 10.2. The molecule has 0 fully saturated rings. The third-order valence-corrected chi connectivity index (χ3v) is 4.74. The van der Waals surface area contributed by atoms with Crippen LogP contribution in [0.25, 0.3) is 0 Å².